The Bertz CT molecular complexity index is 753. The molecule has 0 heterocycles. The van der Waals surface area contributed by atoms with Crippen LogP contribution in [0.1, 0.15) is 6.92 Å². The van der Waals surface area contributed by atoms with Crippen LogP contribution in [0.2, 0.25) is 0 Å². The number of anilines is 2. The van der Waals surface area contributed by atoms with E-state index in [1.807, 2.05) is 6.92 Å². The molecule has 1 N–H and O–H groups in total. The van der Waals surface area contributed by atoms with E-state index in [0.717, 1.165) is 12.1 Å². The first-order valence-corrected chi connectivity index (χ1v) is 7.70. The molecule has 0 atom stereocenters. The SMILES string of the molecule is CCN(CC(=O)Nc1ccc(OC)c(OC)c1)c1ccc(F)c(F)c1. The van der Waals surface area contributed by atoms with Crippen molar-refractivity contribution in [1.29, 1.82) is 0 Å². The van der Waals surface area contributed by atoms with Gasteiger partial charge in [-0.25, -0.2) is 8.78 Å². The summed E-state index contributed by atoms with van der Waals surface area (Å²) in [4.78, 5) is 13.9. The highest BCUT2D eigenvalue weighted by Gasteiger charge is 2.13. The first kappa shape index (κ1) is 18.5. The molecule has 2 rings (SSSR count). The normalized spacial score (nSPS) is 10.3. The van der Waals surface area contributed by atoms with Gasteiger partial charge in [0.25, 0.3) is 0 Å². The Kier molecular flexibility index (Phi) is 6.16. The molecule has 2 aromatic rings. The van der Waals surface area contributed by atoms with Gasteiger partial charge in [0, 0.05) is 30.1 Å². The minimum Gasteiger partial charge on any atom is -0.493 e. The van der Waals surface area contributed by atoms with E-state index in [1.165, 1.54) is 20.3 Å². The molecule has 0 aliphatic carbocycles. The molecule has 0 radical (unpaired) electrons. The fourth-order valence-electron chi connectivity index (χ4n) is 2.36. The van der Waals surface area contributed by atoms with E-state index < -0.39 is 11.6 Å². The molecule has 0 aromatic heterocycles. The van der Waals surface area contributed by atoms with Gasteiger partial charge in [-0.15, -0.1) is 0 Å². The predicted molar refractivity (Wildman–Crippen MR) is 92.4 cm³/mol. The van der Waals surface area contributed by atoms with Crippen LogP contribution in [-0.4, -0.2) is 33.2 Å². The summed E-state index contributed by atoms with van der Waals surface area (Å²) in [6.45, 7) is 2.28. The van der Waals surface area contributed by atoms with Crippen LogP contribution >= 0.6 is 0 Å². The van der Waals surface area contributed by atoms with E-state index in [2.05, 4.69) is 5.32 Å². The molecule has 134 valence electrons. The average Bonchev–Trinajstić information content (AvgIpc) is 2.61. The van der Waals surface area contributed by atoms with Crippen LogP contribution in [0.3, 0.4) is 0 Å². The third-order valence-electron chi connectivity index (χ3n) is 3.65. The van der Waals surface area contributed by atoms with Crippen LogP contribution in [0.4, 0.5) is 20.2 Å². The number of rotatable bonds is 7. The molecular formula is C18H20F2N2O3. The quantitative estimate of drug-likeness (QED) is 0.831. The summed E-state index contributed by atoms with van der Waals surface area (Å²) >= 11 is 0. The maximum atomic E-state index is 13.4. The number of halogens is 2. The van der Waals surface area contributed by atoms with Gasteiger partial charge in [0.2, 0.25) is 5.91 Å². The van der Waals surface area contributed by atoms with E-state index in [1.54, 1.807) is 23.1 Å². The van der Waals surface area contributed by atoms with E-state index in [4.69, 9.17) is 9.47 Å². The lowest BCUT2D eigenvalue weighted by molar-refractivity contribution is -0.115. The van der Waals surface area contributed by atoms with Crippen molar-refractivity contribution in [2.75, 3.05) is 37.5 Å². The fraction of sp³-hybridized carbons (Fsp3) is 0.278. The van der Waals surface area contributed by atoms with Crippen LogP contribution in [0.5, 0.6) is 11.5 Å². The fourth-order valence-corrected chi connectivity index (χ4v) is 2.36. The highest BCUT2D eigenvalue weighted by molar-refractivity contribution is 5.94. The maximum absolute atomic E-state index is 13.4. The predicted octanol–water partition coefficient (Wildman–Crippen LogP) is 3.45. The van der Waals surface area contributed by atoms with Crippen molar-refractivity contribution < 1.29 is 23.0 Å². The molecule has 0 bridgehead atoms. The zero-order valence-corrected chi connectivity index (χ0v) is 14.3. The lowest BCUT2D eigenvalue weighted by Crippen LogP contribution is -2.33. The van der Waals surface area contributed by atoms with E-state index >= 15 is 0 Å². The summed E-state index contributed by atoms with van der Waals surface area (Å²) < 4.78 is 36.8. The lowest BCUT2D eigenvalue weighted by atomic mass is 10.2. The zero-order chi connectivity index (χ0) is 18.4. The first-order chi connectivity index (χ1) is 12.0. The Morgan fingerprint density at radius 2 is 1.76 bits per heavy atom. The molecule has 0 saturated carbocycles. The summed E-state index contributed by atoms with van der Waals surface area (Å²) in [5.74, 6) is -1.12. The number of likely N-dealkylation sites (N-methyl/N-ethyl adjacent to an activating group) is 1. The van der Waals surface area contributed by atoms with Crippen molar-refractivity contribution in [2.24, 2.45) is 0 Å². The number of hydrogen-bond donors (Lipinski definition) is 1. The van der Waals surface area contributed by atoms with E-state index in [0.29, 0.717) is 29.4 Å². The number of hydrogen-bond acceptors (Lipinski definition) is 4. The number of nitrogens with one attached hydrogen (secondary N) is 1. The number of ether oxygens (including phenoxy) is 2. The van der Waals surface area contributed by atoms with Gasteiger partial charge in [0.1, 0.15) is 0 Å². The van der Waals surface area contributed by atoms with Gasteiger partial charge < -0.3 is 19.7 Å². The van der Waals surface area contributed by atoms with E-state index in [-0.39, 0.29) is 12.5 Å². The van der Waals surface area contributed by atoms with Gasteiger partial charge in [0.15, 0.2) is 23.1 Å². The van der Waals surface area contributed by atoms with Crippen molar-refractivity contribution in [3.63, 3.8) is 0 Å². The number of nitrogens with zero attached hydrogens (tertiary/aromatic N) is 1. The molecular weight excluding hydrogens is 330 g/mol. The third kappa shape index (κ3) is 4.59. The summed E-state index contributed by atoms with van der Waals surface area (Å²) in [5, 5.41) is 2.74. The Morgan fingerprint density at radius 1 is 1.04 bits per heavy atom. The van der Waals surface area contributed by atoms with Crippen LogP contribution in [-0.2, 0) is 4.79 Å². The Hall–Kier alpha value is -2.83. The summed E-state index contributed by atoms with van der Waals surface area (Å²) in [6, 6.07) is 8.56. The number of carbonyl (C=O) groups excluding carboxylic acids is 1. The maximum Gasteiger partial charge on any atom is 0.243 e. The summed E-state index contributed by atoms with van der Waals surface area (Å²) in [5.41, 5.74) is 0.979. The van der Waals surface area contributed by atoms with Crippen molar-refractivity contribution in [2.45, 2.75) is 6.92 Å². The zero-order valence-electron chi connectivity index (χ0n) is 14.3. The van der Waals surface area contributed by atoms with E-state index in [9.17, 15) is 13.6 Å². The molecule has 7 heteroatoms. The first-order valence-electron chi connectivity index (χ1n) is 7.70. The van der Waals surface area contributed by atoms with Crippen molar-refractivity contribution in [3.8, 4) is 11.5 Å². The molecule has 2 aromatic carbocycles. The molecule has 0 saturated heterocycles. The Balaban J connectivity index is 2.08. The van der Waals surface area contributed by atoms with Crippen molar-refractivity contribution >= 4 is 17.3 Å². The van der Waals surface area contributed by atoms with Crippen LogP contribution in [0.25, 0.3) is 0 Å². The highest BCUT2D eigenvalue weighted by Crippen LogP contribution is 2.29. The second-order valence-electron chi connectivity index (χ2n) is 5.23. The minimum absolute atomic E-state index is 0.00405. The number of carbonyl (C=O) groups is 1. The molecule has 0 spiro atoms. The number of methoxy groups -OCH3 is 2. The molecule has 0 aliphatic rings. The van der Waals surface area contributed by atoms with Crippen molar-refractivity contribution in [3.05, 3.63) is 48.0 Å². The molecule has 0 unspecified atom stereocenters. The Morgan fingerprint density at radius 3 is 2.36 bits per heavy atom. The standard InChI is InChI=1S/C18H20F2N2O3/c1-4-22(13-6-7-14(19)15(20)10-13)11-18(23)21-12-5-8-16(24-2)17(9-12)25-3/h5-10H,4,11H2,1-3H3,(H,21,23). The van der Waals surface area contributed by atoms with Gasteiger partial charge in [0.05, 0.1) is 20.8 Å². The summed E-state index contributed by atoms with van der Waals surface area (Å²) in [6.07, 6.45) is 0. The smallest absolute Gasteiger partial charge is 0.243 e. The molecule has 25 heavy (non-hydrogen) atoms. The third-order valence-corrected chi connectivity index (χ3v) is 3.65. The second kappa shape index (κ2) is 8.32. The lowest BCUT2D eigenvalue weighted by Gasteiger charge is -2.22. The van der Waals surface area contributed by atoms with Gasteiger partial charge in [-0.2, -0.15) is 0 Å². The van der Waals surface area contributed by atoms with Crippen LogP contribution in [0, 0.1) is 11.6 Å². The van der Waals surface area contributed by atoms with Gasteiger partial charge in [-0.3, -0.25) is 4.79 Å². The average molecular weight is 350 g/mol. The molecule has 5 nitrogen and oxygen atoms in total. The Labute approximate surface area is 145 Å². The largest absolute Gasteiger partial charge is 0.493 e. The molecule has 1 amide bonds. The molecule has 0 aliphatic heterocycles. The minimum atomic E-state index is -0.948. The van der Waals surface area contributed by atoms with Crippen LogP contribution in [0.15, 0.2) is 36.4 Å². The topological polar surface area (TPSA) is 50.8 Å². The summed E-state index contributed by atoms with van der Waals surface area (Å²) in [7, 11) is 3.03. The van der Waals surface area contributed by atoms with Crippen molar-refractivity contribution in [1.82, 2.24) is 0 Å². The highest BCUT2D eigenvalue weighted by atomic mass is 19.2. The monoisotopic (exact) mass is 350 g/mol. The van der Waals surface area contributed by atoms with Gasteiger partial charge >= 0.3 is 0 Å². The molecule has 0 fully saturated rings. The van der Waals surface area contributed by atoms with Gasteiger partial charge in [-0.1, -0.05) is 0 Å². The van der Waals surface area contributed by atoms with Gasteiger partial charge in [-0.05, 0) is 31.2 Å². The number of benzene rings is 2. The van der Waals surface area contributed by atoms with Crippen LogP contribution < -0.4 is 19.7 Å². The second-order valence-corrected chi connectivity index (χ2v) is 5.23. The number of amides is 1.